The zero-order valence-electron chi connectivity index (χ0n) is 16.7. The van der Waals surface area contributed by atoms with Crippen molar-refractivity contribution >= 4 is 43.5 Å². The smallest absolute Gasteiger partial charge is 0.236 e. The second-order valence-corrected chi connectivity index (χ2v) is 10.6. The maximum atomic E-state index is 12.8. The van der Waals surface area contributed by atoms with E-state index < -0.39 is 10.0 Å². The highest BCUT2D eigenvalue weighted by atomic mass is 32.2. The molecule has 6 nitrogen and oxygen atoms in total. The molecule has 0 radical (unpaired) electrons. The Balaban J connectivity index is 1.34. The van der Waals surface area contributed by atoms with E-state index in [1.165, 1.54) is 34.1 Å². The quantitative estimate of drug-likeness (QED) is 0.619. The number of anilines is 1. The van der Waals surface area contributed by atoms with Crippen LogP contribution in [0.5, 0.6) is 0 Å². The van der Waals surface area contributed by atoms with E-state index in [-0.39, 0.29) is 0 Å². The van der Waals surface area contributed by atoms with Gasteiger partial charge in [0.25, 0.3) is 0 Å². The lowest BCUT2D eigenvalue weighted by molar-refractivity contribution is 0.389. The summed E-state index contributed by atoms with van der Waals surface area (Å²) in [6.45, 7) is 2.18. The van der Waals surface area contributed by atoms with Crippen LogP contribution < -0.4 is 4.90 Å². The minimum absolute atomic E-state index is 0.458. The van der Waals surface area contributed by atoms with Gasteiger partial charge in [0.05, 0.1) is 5.39 Å². The highest BCUT2D eigenvalue weighted by Crippen LogP contribution is 2.39. The lowest BCUT2D eigenvalue weighted by Gasteiger charge is -2.34. The van der Waals surface area contributed by atoms with Gasteiger partial charge in [0.1, 0.15) is 17.0 Å². The standard InChI is InChI=1S/C22H24N4O2S2/c27-30(28,15-10-17-6-2-1-3-7-17)26-13-11-25(12-14-26)21-20-18-8-4-5-9-19(18)29-22(20)24-16-23-21/h1-3,6-7,10,15-16H,4-5,8-9,11-14H2/b15-10+. The SMILES string of the molecule is O=S(=O)(/C=C/c1ccccc1)N1CCN(c2ncnc3sc4c(c23)CCCC4)CC1. The number of aromatic nitrogens is 2. The number of sulfonamides is 1. The van der Waals surface area contributed by atoms with Crippen LogP contribution in [-0.2, 0) is 22.9 Å². The summed E-state index contributed by atoms with van der Waals surface area (Å²) in [6, 6.07) is 9.50. The fraction of sp³-hybridized carbons (Fsp3) is 0.364. The Morgan fingerprint density at radius 2 is 1.73 bits per heavy atom. The minimum atomic E-state index is -3.44. The topological polar surface area (TPSA) is 66.4 Å². The molecule has 2 aromatic heterocycles. The molecule has 0 amide bonds. The Labute approximate surface area is 180 Å². The zero-order valence-corrected chi connectivity index (χ0v) is 18.3. The van der Waals surface area contributed by atoms with Gasteiger partial charge in [-0.15, -0.1) is 11.3 Å². The van der Waals surface area contributed by atoms with Crippen molar-refractivity contribution in [2.24, 2.45) is 0 Å². The molecule has 0 atom stereocenters. The number of rotatable bonds is 4. The number of hydrogen-bond donors (Lipinski definition) is 0. The van der Waals surface area contributed by atoms with Gasteiger partial charge in [-0.25, -0.2) is 18.4 Å². The number of fused-ring (bicyclic) bond motifs is 3. The van der Waals surface area contributed by atoms with Crippen LogP contribution in [0.15, 0.2) is 42.1 Å². The fourth-order valence-corrected chi connectivity index (χ4v) is 6.68. The number of nitrogens with zero attached hydrogens (tertiary/aromatic N) is 4. The highest BCUT2D eigenvalue weighted by Gasteiger charge is 2.28. The van der Waals surface area contributed by atoms with Crippen molar-refractivity contribution in [2.45, 2.75) is 25.7 Å². The number of hydrogen-bond acceptors (Lipinski definition) is 6. The van der Waals surface area contributed by atoms with Crippen molar-refractivity contribution in [1.82, 2.24) is 14.3 Å². The van der Waals surface area contributed by atoms with Crippen LogP contribution in [0.4, 0.5) is 5.82 Å². The molecule has 8 heteroatoms. The molecule has 1 aromatic carbocycles. The third kappa shape index (κ3) is 3.75. The molecule has 1 saturated heterocycles. The van der Waals surface area contributed by atoms with Crippen LogP contribution in [0.3, 0.4) is 0 Å². The predicted molar refractivity (Wildman–Crippen MR) is 122 cm³/mol. The predicted octanol–water partition coefficient (Wildman–Crippen LogP) is 3.69. The van der Waals surface area contributed by atoms with Gasteiger partial charge in [0.2, 0.25) is 10.0 Å². The maximum absolute atomic E-state index is 12.8. The molecule has 1 aliphatic carbocycles. The van der Waals surface area contributed by atoms with Crippen molar-refractivity contribution < 1.29 is 8.42 Å². The molecule has 2 aliphatic rings. The van der Waals surface area contributed by atoms with E-state index in [4.69, 9.17) is 0 Å². The Morgan fingerprint density at radius 3 is 2.53 bits per heavy atom. The molecule has 0 bridgehead atoms. The number of aryl methyl sites for hydroxylation is 2. The van der Waals surface area contributed by atoms with Gasteiger partial charge in [-0.05, 0) is 42.9 Å². The summed E-state index contributed by atoms with van der Waals surface area (Å²) in [4.78, 5) is 13.9. The van der Waals surface area contributed by atoms with Crippen LogP contribution in [0.25, 0.3) is 16.3 Å². The third-order valence-electron chi connectivity index (χ3n) is 5.86. The fourth-order valence-electron chi connectivity index (χ4n) is 4.28. The van der Waals surface area contributed by atoms with E-state index in [1.807, 2.05) is 30.3 Å². The number of piperazine rings is 1. The van der Waals surface area contributed by atoms with Gasteiger partial charge < -0.3 is 4.90 Å². The molecular weight excluding hydrogens is 416 g/mol. The first-order chi connectivity index (χ1) is 14.6. The third-order valence-corrected chi connectivity index (χ3v) is 8.63. The summed E-state index contributed by atoms with van der Waals surface area (Å²) >= 11 is 1.79. The van der Waals surface area contributed by atoms with Crippen LogP contribution in [0.2, 0.25) is 0 Å². The van der Waals surface area contributed by atoms with E-state index >= 15 is 0 Å². The van der Waals surface area contributed by atoms with E-state index in [1.54, 1.807) is 28.0 Å². The molecule has 30 heavy (non-hydrogen) atoms. The second-order valence-electron chi connectivity index (χ2n) is 7.73. The van der Waals surface area contributed by atoms with Crippen LogP contribution in [0, 0.1) is 0 Å². The zero-order chi connectivity index (χ0) is 20.6. The molecule has 0 unspecified atom stereocenters. The lowest BCUT2D eigenvalue weighted by Crippen LogP contribution is -2.48. The first-order valence-electron chi connectivity index (χ1n) is 10.4. The summed E-state index contributed by atoms with van der Waals surface area (Å²) in [7, 11) is -3.44. The summed E-state index contributed by atoms with van der Waals surface area (Å²) < 4.78 is 27.1. The van der Waals surface area contributed by atoms with Crippen LogP contribution in [-0.4, -0.2) is 48.9 Å². The molecule has 1 aliphatic heterocycles. The maximum Gasteiger partial charge on any atom is 0.236 e. The molecule has 3 aromatic rings. The summed E-state index contributed by atoms with van der Waals surface area (Å²) in [6.07, 6.45) is 7.99. The van der Waals surface area contributed by atoms with Crippen molar-refractivity contribution in [3.63, 3.8) is 0 Å². The normalized spacial score (nSPS) is 18.2. The van der Waals surface area contributed by atoms with E-state index in [9.17, 15) is 8.42 Å². The van der Waals surface area contributed by atoms with Crippen molar-refractivity contribution in [3.8, 4) is 0 Å². The van der Waals surface area contributed by atoms with E-state index in [2.05, 4.69) is 14.9 Å². The first kappa shape index (κ1) is 19.7. The first-order valence-corrected chi connectivity index (χ1v) is 12.7. The average Bonchev–Trinajstić information content (AvgIpc) is 3.17. The van der Waals surface area contributed by atoms with Gasteiger partial charge in [-0.3, -0.25) is 0 Å². The Hall–Kier alpha value is -2.29. The van der Waals surface area contributed by atoms with Crippen molar-refractivity contribution in [2.75, 3.05) is 31.1 Å². The average molecular weight is 441 g/mol. The molecule has 5 rings (SSSR count). The number of benzene rings is 1. The van der Waals surface area contributed by atoms with E-state index in [0.717, 1.165) is 29.1 Å². The van der Waals surface area contributed by atoms with Crippen molar-refractivity contribution in [1.29, 1.82) is 0 Å². The van der Waals surface area contributed by atoms with Crippen LogP contribution in [0.1, 0.15) is 28.8 Å². The van der Waals surface area contributed by atoms with Crippen molar-refractivity contribution in [3.05, 3.63) is 58.1 Å². The molecule has 1 fully saturated rings. The van der Waals surface area contributed by atoms with Gasteiger partial charge in [0.15, 0.2) is 0 Å². The minimum Gasteiger partial charge on any atom is -0.353 e. The van der Waals surface area contributed by atoms with Gasteiger partial charge in [-0.2, -0.15) is 4.31 Å². The van der Waals surface area contributed by atoms with Crippen LogP contribution >= 0.6 is 11.3 Å². The second kappa shape index (κ2) is 8.09. The van der Waals surface area contributed by atoms with Gasteiger partial charge in [0, 0.05) is 36.5 Å². The molecule has 156 valence electrons. The Morgan fingerprint density at radius 1 is 0.967 bits per heavy atom. The Kier molecular flexibility index (Phi) is 5.30. The summed E-state index contributed by atoms with van der Waals surface area (Å²) in [5.41, 5.74) is 2.29. The molecule has 0 spiro atoms. The van der Waals surface area contributed by atoms with Gasteiger partial charge >= 0.3 is 0 Å². The van der Waals surface area contributed by atoms with E-state index in [0.29, 0.717) is 26.2 Å². The molecular formula is C22H24N4O2S2. The lowest BCUT2D eigenvalue weighted by atomic mass is 9.97. The monoisotopic (exact) mass is 440 g/mol. The molecule has 3 heterocycles. The number of thiophene rings is 1. The largest absolute Gasteiger partial charge is 0.353 e. The molecule has 0 N–H and O–H groups in total. The summed E-state index contributed by atoms with van der Waals surface area (Å²) in [5, 5.41) is 2.51. The highest BCUT2D eigenvalue weighted by molar-refractivity contribution is 7.92. The Bertz CT molecular complexity index is 1180. The molecule has 0 saturated carbocycles. The summed E-state index contributed by atoms with van der Waals surface area (Å²) in [5.74, 6) is 0.969. The van der Waals surface area contributed by atoms with Gasteiger partial charge in [-0.1, -0.05) is 30.3 Å².